The number of carbonyl (C=O) groups excluding carboxylic acids is 1. The van der Waals surface area contributed by atoms with Gasteiger partial charge in [-0.2, -0.15) is 0 Å². The van der Waals surface area contributed by atoms with Gasteiger partial charge in [-0.3, -0.25) is 25.0 Å². The molecule has 1 amide bonds. The van der Waals surface area contributed by atoms with Crippen LogP contribution in [0, 0.1) is 20.2 Å². The van der Waals surface area contributed by atoms with E-state index in [-0.39, 0.29) is 48.6 Å². The molecule has 1 heterocycles. The minimum Gasteiger partial charge on any atom is -0.497 e. The summed E-state index contributed by atoms with van der Waals surface area (Å²) < 4.78 is 17.9. The average Bonchev–Trinajstić information content (AvgIpc) is 3.54. The molecule has 0 aliphatic carbocycles. The van der Waals surface area contributed by atoms with Crippen LogP contribution in [0.5, 0.6) is 11.5 Å². The lowest BCUT2D eigenvalue weighted by Gasteiger charge is -2.38. The van der Waals surface area contributed by atoms with Crippen molar-refractivity contribution in [3.05, 3.63) is 134 Å². The molecule has 0 unspecified atom stereocenters. The first-order valence-electron chi connectivity index (χ1n) is 16.8. The zero-order valence-electron chi connectivity index (χ0n) is 28.6. The molecule has 1 saturated heterocycles. The number of aliphatic hydroxyl groups is 1. The number of likely N-dealkylation sites (tertiary alicyclic amines) is 1. The van der Waals surface area contributed by atoms with Crippen molar-refractivity contribution in [3.63, 3.8) is 0 Å². The molecule has 0 saturated carbocycles. The lowest BCUT2D eigenvalue weighted by Crippen LogP contribution is -2.42. The molecule has 0 aromatic heterocycles. The Hall–Kier alpha value is -5.53. The van der Waals surface area contributed by atoms with E-state index in [1.165, 1.54) is 12.1 Å². The summed E-state index contributed by atoms with van der Waals surface area (Å²) in [4.78, 5) is 36.3. The highest BCUT2D eigenvalue weighted by Gasteiger charge is 2.41. The van der Waals surface area contributed by atoms with Gasteiger partial charge in [0.15, 0.2) is 0 Å². The number of anilines is 1. The van der Waals surface area contributed by atoms with Crippen molar-refractivity contribution in [1.29, 1.82) is 0 Å². The maximum atomic E-state index is 13.5. The van der Waals surface area contributed by atoms with Crippen LogP contribution in [0.3, 0.4) is 0 Å². The Kier molecular flexibility index (Phi) is 12.2. The fourth-order valence-corrected chi connectivity index (χ4v) is 6.53. The van der Waals surface area contributed by atoms with E-state index in [9.17, 15) is 30.1 Å². The zero-order valence-corrected chi connectivity index (χ0v) is 28.6. The fraction of sp³-hybridized carbons (Fsp3) is 0.342. The molecule has 0 radical (unpaired) electrons. The van der Waals surface area contributed by atoms with Crippen LogP contribution in [-0.2, 0) is 15.1 Å². The first-order chi connectivity index (χ1) is 24.7. The van der Waals surface area contributed by atoms with Gasteiger partial charge in [-0.25, -0.2) is 0 Å². The summed E-state index contributed by atoms with van der Waals surface area (Å²) in [6.07, 6.45) is 1.83. The maximum Gasteiger partial charge on any atom is 0.299 e. The van der Waals surface area contributed by atoms with Crippen LogP contribution in [0.25, 0.3) is 0 Å². The highest BCUT2D eigenvalue weighted by atomic mass is 16.6. The van der Waals surface area contributed by atoms with E-state index in [2.05, 4.69) is 5.32 Å². The predicted molar refractivity (Wildman–Crippen MR) is 191 cm³/mol. The first-order valence-corrected chi connectivity index (χ1v) is 16.8. The fourth-order valence-electron chi connectivity index (χ4n) is 6.53. The van der Waals surface area contributed by atoms with E-state index >= 15 is 0 Å². The summed E-state index contributed by atoms with van der Waals surface area (Å²) in [6.45, 7) is 0.763. The van der Waals surface area contributed by atoms with Gasteiger partial charge < -0.3 is 29.5 Å². The van der Waals surface area contributed by atoms with Gasteiger partial charge in [-0.05, 0) is 66.3 Å². The van der Waals surface area contributed by atoms with E-state index in [0.29, 0.717) is 43.7 Å². The van der Waals surface area contributed by atoms with Gasteiger partial charge in [0, 0.05) is 25.6 Å². The molecular formula is C38H42N4O9. The number of nitrogens with one attached hydrogen (secondary N) is 1. The molecule has 1 aliphatic heterocycles. The Labute approximate surface area is 296 Å². The topological polar surface area (TPSA) is 167 Å². The monoisotopic (exact) mass is 698 g/mol. The van der Waals surface area contributed by atoms with E-state index in [4.69, 9.17) is 14.2 Å². The van der Waals surface area contributed by atoms with Crippen LogP contribution >= 0.6 is 0 Å². The first kappa shape index (κ1) is 36.7. The molecule has 2 atom stereocenters. The second-order valence-corrected chi connectivity index (χ2v) is 12.4. The molecule has 268 valence electrons. The standard InChI is InChI=1S/C38H42N4O9/c1-49-33-17-12-28(13-18-33)38(27-9-5-3-6-10-27,29-14-19-34(50-2)20-15-29)51-26-31-23-32(43)25-40(31)37(44)11-7-4-8-22-39-35-21-16-30(41(45)46)24-36(35)42(47)48/h3,5-6,9-10,12-21,24,31-32,39,43H,4,7-8,11,22-23,25-26H2,1-2H3/t31-,32+/m0/s1. The molecule has 5 rings (SSSR count). The van der Waals surface area contributed by atoms with Crippen LogP contribution in [0.15, 0.2) is 97.1 Å². The number of benzene rings is 4. The molecule has 13 nitrogen and oxygen atoms in total. The third-order valence-corrected chi connectivity index (χ3v) is 9.15. The Morgan fingerprint density at radius 1 is 0.843 bits per heavy atom. The normalized spacial score (nSPS) is 15.7. The summed E-state index contributed by atoms with van der Waals surface area (Å²) in [7, 11) is 3.23. The van der Waals surface area contributed by atoms with Crippen LogP contribution in [-0.4, -0.2) is 71.8 Å². The van der Waals surface area contributed by atoms with Gasteiger partial charge in [0.1, 0.15) is 22.8 Å². The van der Waals surface area contributed by atoms with Crippen molar-refractivity contribution in [2.75, 3.05) is 39.2 Å². The Balaban J connectivity index is 1.27. The number of nitro benzene ring substituents is 2. The van der Waals surface area contributed by atoms with Crippen molar-refractivity contribution in [3.8, 4) is 11.5 Å². The van der Waals surface area contributed by atoms with E-state index in [1.807, 2.05) is 78.9 Å². The molecule has 0 spiro atoms. The van der Waals surface area contributed by atoms with Gasteiger partial charge in [0.2, 0.25) is 5.91 Å². The molecule has 1 aliphatic rings. The molecule has 13 heteroatoms. The number of methoxy groups -OCH3 is 2. The number of β-amino-alcohol motifs (C(OH)–C–C–N with tert-alkyl or cyclic N) is 1. The minimum atomic E-state index is -1.06. The van der Waals surface area contributed by atoms with Crippen molar-refractivity contribution in [2.45, 2.75) is 49.9 Å². The third-order valence-electron chi connectivity index (χ3n) is 9.15. The minimum absolute atomic E-state index is 0.0849. The summed E-state index contributed by atoms with van der Waals surface area (Å²) in [5, 5.41) is 36.1. The number of rotatable bonds is 17. The summed E-state index contributed by atoms with van der Waals surface area (Å²) in [5.41, 5.74) is 1.04. The van der Waals surface area contributed by atoms with Crippen LogP contribution in [0.1, 0.15) is 48.8 Å². The number of nitrogens with zero attached hydrogens (tertiary/aromatic N) is 3. The van der Waals surface area contributed by atoms with Gasteiger partial charge in [-0.1, -0.05) is 61.0 Å². The van der Waals surface area contributed by atoms with Gasteiger partial charge >= 0.3 is 0 Å². The second-order valence-electron chi connectivity index (χ2n) is 12.4. The number of non-ortho nitro benzene ring substituents is 1. The van der Waals surface area contributed by atoms with Gasteiger partial charge in [0.25, 0.3) is 11.4 Å². The number of nitro groups is 2. The van der Waals surface area contributed by atoms with Gasteiger partial charge in [-0.15, -0.1) is 0 Å². The number of ether oxygens (including phenoxy) is 3. The molecule has 51 heavy (non-hydrogen) atoms. The largest absolute Gasteiger partial charge is 0.497 e. The van der Waals surface area contributed by atoms with Gasteiger partial charge in [0.05, 0.1) is 48.9 Å². The summed E-state index contributed by atoms with van der Waals surface area (Å²) in [5.74, 6) is 1.32. The molecule has 1 fully saturated rings. The lowest BCUT2D eigenvalue weighted by molar-refractivity contribution is -0.393. The predicted octanol–water partition coefficient (Wildman–Crippen LogP) is 6.46. The molecular weight excluding hydrogens is 656 g/mol. The quantitative estimate of drug-likeness (QED) is 0.0541. The summed E-state index contributed by atoms with van der Waals surface area (Å²) in [6, 6.07) is 28.4. The number of hydrogen-bond donors (Lipinski definition) is 2. The molecule has 0 bridgehead atoms. The van der Waals surface area contributed by atoms with E-state index in [1.54, 1.807) is 19.1 Å². The molecule has 4 aromatic rings. The van der Waals surface area contributed by atoms with Crippen molar-refractivity contribution >= 4 is 23.0 Å². The highest BCUT2D eigenvalue weighted by molar-refractivity contribution is 5.77. The Morgan fingerprint density at radius 3 is 2.02 bits per heavy atom. The van der Waals surface area contributed by atoms with Crippen LogP contribution in [0.2, 0.25) is 0 Å². The number of amides is 1. The second kappa shape index (κ2) is 16.9. The number of aliphatic hydroxyl groups excluding tert-OH is 1. The van der Waals surface area contributed by atoms with Crippen molar-refractivity contribution in [2.24, 2.45) is 0 Å². The lowest BCUT2D eigenvalue weighted by atomic mass is 9.80. The number of unbranched alkanes of at least 4 members (excludes halogenated alkanes) is 2. The SMILES string of the molecule is COc1ccc(C(OC[C@@H]2C[C@@H](O)CN2C(=O)CCCCCNc2ccc([N+](=O)[O-])cc2[N+](=O)[O-])(c2ccccc2)c2ccc(OC)cc2)cc1. The smallest absolute Gasteiger partial charge is 0.299 e. The van der Waals surface area contributed by atoms with Crippen molar-refractivity contribution < 1.29 is 34.0 Å². The van der Waals surface area contributed by atoms with Crippen LogP contribution in [0.4, 0.5) is 17.1 Å². The number of carbonyl (C=O) groups is 1. The highest BCUT2D eigenvalue weighted by Crippen LogP contribution is 2.42. The maximum absolute atomic E-state index is 13.5. The summed E-state index contributed by atoms with van der Waals surface area (Å²) >= 11 is 0. The van der Waals surface area contributed by atoms with E-state index < -0.39 is 21.6 Å². The van der Waals surface area contributed by atoms with E-state index in [0.717, 1.165) is 22.8 Å². The van der Waals surface area contributed by atoms with Crippen LogP contribution < -0.4 is 14.8 Å². The van der Waals surface area contributed by atoms with Crippen molar-refractivity contribution in [1.82, 2.24) is 4.90 Å². The molecule has 4 aromatic carbocycles. The third kappa shape index (κ3) is 8.62. The zero-order chi connectivity index (χ0) is 36.4. The average molecular weight is 699 g/mol. The Bertz CT molecular complexity index is 1740. The Morgan fingerprint density at radius 2 is 1.45 bits per heavy atom. The number of hydrogen-bond acceptors (Lipinski definition) is 10. The molecule has 2 N–H and O–H groups in total.